The lowest BCUT2D eigenvalue weighted by Crippen LogP contribution is -2.34. The van der Waals surface area contributed by atoms with Gasteiger partial charge in [-0.3, -0.25) is 9.52 Å². The highest BCUT2D eigenvalue weighted by Crippen LogP contribution is 2.18. The molecule has 0 saturated carbocycles. The summed E-state index contributed by atoms with van der Waals surface area (Å²) >= 11 is 0. The molecule has 1 saturated heterocycles. The van der Waals surface area contributed by atoms with E-state index in [2.05, 4.69) is 10.0 Å². The molecule has 2 N–H and O–H groups in total. The first kappa shape index (κ1) is 18.3. The maximum absolute atomic E-state index is 13.0. The molecule has 2 aromatic rings. The van der Waals surface area contributed by atoms with Gasteiger partial charge in [-0.05, 0) is 55.4 Å². The van der Waals surface area contributed by atoms with Crippen molar-refractivity contribution in [2.24, 2.45) is 0 Å². The summed E-state index contributed by atoms with van der Waals surface area (Å²) in [6.45, 7) is 2.80. The monoisotopic (exact) mass is 377 g/mol. The number of anilines is 1. The molecule has 26 heavy (non-hydrogen) atoms. The molecule has 1 aliphatic rings. The topological polar surface area (TPSA) is 78.5 Å². The summed E-state index contributed by atoms with van der Waals surface area (Å²) in [4.78, 5) is 14.4. The van der Waals surface area contributed by atoms with Crippen LogP contribution in [0.15, 0.2) is 53.4 Å². The number of sulfonamides is 1. The van der Waals surface area contributed by atoms with Crippen LogP contribution in [0.2, 0.25) is 0 Å². The van der Waals surface area contributed by atoms with Crippen molar-refractivity contribution in [1.29, 1.82) is 0 Å². The first-order valence-corrected chi connectivity index (χ1v) is 9.82. The molecule has 0 radical (unpaired) electrons. The molecule has 1 fully saturated rings. The number of nitrogens with one attached hydrogen (secondary N) is 2. The lowest BCUT2D eigenvalue weighted by Gasteiger charge is -2.20. The highest BCUT2D eigenvalue weighted by molar-refractivity contribution is 7.92. The van der Waals surface area contributed by atoms with E-state index in [4.69, 9.17) is 0 Å². The summed E-state index contributed by atoms with van der Waals surface area (Å²) in [5, 5.41) is 3.22. The fourth-order valence-electron chi connectivity index (χ4n) is 2.76. The number of halogens is 1. The van der Waals surface area contributed by atoms with Crippen molar-refractivity contribution in [3.63, 3.8) is 0 Å². The molecule has 0 aliphatic carbocycles. The number of benzene rings is 2. The smallest absolute Gasteiger partial charge is 0.261 e. The van der Waals surface area contributed by atoms with Crippen molar-refractivity contribution in [2.45, 2.75) is 11.3 Å². The fourth-order valence-corrected chi connectivity index (χ4v) is 3.86. The molecule has 0 unspecified atom stereocenters. The lowest BCUT2D eigenvalue weighted by molar-refractivity contribution is 0.0766. The Hall–Kier alpha value is -2.45. The van der Waals surface area contributed by atoms with E-state index in [0.29, 0.717) is 18.7 Å². The molecule has 1 aliphatic heterocycles. The first-order chi connectivity index (χ1) is 12.5. The Morgan fingerprint density at radius 3 is 2.62 bits per heavy atom. The van der Waals surface area contributed by atoms with E-state index >= 15 is 0 Å². The van der Waals surface area contributed by atoms with Gasteiger partial charge in [-0.25, -0.2) is 12.8 Å². The van der Waals surface area contributed by atoms with Crippen molar-refractivity contribution in [3.05, 3.63) is 59.9 Å². The Bertz CT molecular complexity index is 877. The van der Waals surface area contributed by atoms with Crippen LogP contribution in [0.25, 0.3) is 0 Å². The maximum atomic E-state index is 13.0. The van der Waals surface area contributed by atoms with Gasteiger partial charge in [0.2, 0.25) is 0 Å². The van der Waals surface area contributed by atoms with Crippen molar-refractivity contribution in [1.82, 2.24) is 10.2 Å². The van der Waals surface area contributed by atoms with Crippen molar-refractivity contribution in [2.75, 3.05) is 30.9 Å². The molecular weight excluding hydrogens is 357 g/mol. The number of hydrogen-bond donors (Lipinski definition) is 2. The van der Waals surface area contributed by atoms with Gasteiger partial charge < -0.3 is 10.2 Å². The number of nitrogens with zero attached hydrogens (tertiary/aromatic N) is 1. The standard InChI is InChI=1S/C18H20FN3O3S/c19-15-5-7-16(8-6-15)21-26(24,25)17-4-1-3-14(13-17)18(23)22-11-2-9-20-10-12-22/h1,3-8,13,20-21H,2,9-12H2. The lowest BCUT2D eigenvalue weighted by atomic mass is 10.2. The Balaban J connectivity index is 1.81. The summed E-state index contributed by atoms with van der Waals surface area (Å²) in [6.07, 6.45) is 0.857. The second-order valence-electron chi connectivity index (χ2n) is 6.04. The van der Waals surface area contributed by atoms with Crippen LogP contribution < -0.4 is 10.0 Å². The third kappa shape index (κ3) is 4.39. The number of amides is 1. The summed E-state index contributed by atoms with van der Waals surface area (Å²) < 4.78 is 40.5. The number of carbonyl (C=O) groups is 1. The molecule has 0 bridgehead atoms. The Morgan fingerprint density at radius 2 is 1.85 bits per heavy atom. The summed E-state index contributed by atoms with van der Waals surface area (Å²) in [7, 11) is -3.88. The normalized spacial score (nSPS) is 15.3. The van der Waals surface area contributed by atoms with Crippen LogP contribution in [0, 0.1) is 5.82 Å². The molecular formula is C18H20FN3O3S. The summed E-state index contributed by atoms with van der Waals surface area (Å²) in [5.41, 5.74) is 0.579. The Labute approximate surface area is 152 Å². The SMILES string of the molecule is O=C(c1cccc(S(=O)(=O)Nc2ccc(F)cc2)c1)N1CCCNCC1. The Morgan fingerprint density at radius 1 is 1.08 bits per heavy atom. The van der Waals surface area contributed by atoms with E-state index < -0.39 is 15.8 Å². The van der Waals surface area contributed by atoms with E-state index in [1.165, 1.54) is 36.4 Å². The molecule has 2 aromatic carbocycles. The van der Waals surface area contributed by atoms with Crippen molar-refractivity contribution < 1.29 is 17.6 Å². The molecule has 0 spiro atoms. The molecule has 3 rings (SSSR count). The van der Waals surface area contributed by atoms with E-state index in [1.807, 2.05) is 0 Å². The molecule has 0 atom stereocenters. The van der Waals surface area contributed by atoms with E-state index in [9.17, 15) is 17.6 Å². The summed E-state index contributed by atoms with van der Waals surface area (Å²) in [5.74, 6) is -0.639. The van der Waals surface area contributed by atoms with Gasteiger partial charge >= 0.3 is 0 Å². The minimum Gasteiger partial charge on any atom is -0.337 e. The van der Waals surface area contributed by atoms with Gasteiger partial charge in [0.15, 0.2) is 0 Å². The minimum absolute atomic E-state index is 0.0133. The van der Waals surface area contributed by atoms with Gasteiger partial charge in [0.25, 0.3) is 15.9 Å². The minimum atomic E-state index is -3.88. The molecule has 0 aromatic heterocycles. The molecule has 1 amide bonds. The largest absolute Gasteiger partial charge is 0.337 e. The summed E-state index contributed by atoms with van der Waals surface area (Å²) in [6, 6.07) is 11.0. The zero-order valence-corrected chi connectivity index (χ0v) is 14.9. The average Bonchev–Trinajstić information content (AvgIpc) is 2.92. The average molecular weight is 377 g/mol. The van der Waals surface area contributed by atoms with E-state index in [0.717, 1.165) is 19.5 Å². The number of carbonyl (C=O) groups excluding carboxylic acids is 1. The van der Waals surface area contributed by atoms with Gasteiger partial charge in [0.1, 0.15) is 5.82 Å². The van der Waals surface area contributed by atoms with Crippen LogP contribution in [-0.4, -0.2) is 45.4 Å². The van der Waals surface area contributed by atoms with Crippen LogP contribution in [0.5, 0.6) is 0 Å². The highest BCUT2D eigenvalue weighted by atomic mass is 32.2. The van der Waals surface area contributed by atoms with Crippen LogP contribution in [0.4, 0.5) is 10.1 Å². The van der Waals surface area contributed by atoms with Crippen molar-refractivity contribution >= 4 is 21.6 Å². The molecule has 1 heterocycles. The van der Waals surface area contributed by atoms with Crippen LogP contribution in [-0.2, 0) is 10.0 Å². The molecule has 6 nitrogen and oxygen atoms in total. The number of rotatable bonds is 4. The Kier molecular flexibility index (Phi) is 5.53. The maximum Gasteiger partial charge on any atom is 0.261 e. The van der Waals surface area contributed by atoms with Gasteiger partial charge in [0, 0.05) is 30.9 Å². The fraction of sp³-hybridized carbons (Fsp3) is 0.278. The number of hydrogen-bond acceptors (Lipinski definition) is 4. The van der Waals surface area contributed by atoms with E-state index in [-0.39, 0.29) is 16.5 Å². The van der Waals surface area contributed by atoms with Gasteiger partial charge in [-0.15, -0.1) is 0 Å². The van der Waals surface area contributed by atoms with Gasteiger partial charge in [-0.1, -0.05) is 6.07 Å². The predicted octanol–water partition coefficient (Wildman–Crippen LogP) is 2.06. The first-order valence-electron chi connectivity index (χ1n) is 8.34. The highest BCUT2D eigenvalue weighted by Gasteiger charge is 2.20. The third-order valence-electron chi connectivity index (χ3n) is 4.12. The third-order valence-corrected chi connectivity index (χ3v) is 5.49. The second-order valence-corrected chi connectivity index (χ2v) is 7.72. The van der Waals surface area contributed by atoms with E-state index in [1.54, 1.807) is 17.0 Å². The molecule has 138 valence electrons. The van der Waals surface area contributed by atoms with Crippen molar-refractivity contribution in [3.8, 4) is 0 Å². The van der Waals surface area contributed by atoms with Gasteiger partial charge in [0.05, 0.1) is 4.90 Å². The zero-order chi connectivity index (χ0) is 18.6. The zero-order valence-electron chi connectivity index (χ0n) is 14.1. The van der Waals surface area contributed by atoms with Crippen LogP contribution >= 0.6 is 0 Å². The quantitative estimate of drug-likeness (QED) is 0.855. The van der Waals surface area contributed by atoms with Crippen LogP contribution in [0.3, 0.4) is 0 Å². The second kappa shape index (κ2) is 7.84. The van der Waals surface area contributed by atoms with Crippen LogP contribution in [0.1, 0.15) is 16.8 Å². The predicted molar refractivity (Wildman–Crippen MR) is 97.0 cm³/mol. The van der Waals surface area contributed by atoms with Gasteiger partial charge in [-0.2, -0.15) is 0 Å². The molecule has 8 heteroatoms.